The fraction of sp³-hybridized carbons (Fsp3) is 0.300. The molecule has 2 aromatic carbocycles. The maximum absolute atomic E-state index is 12.6. The summed E-state index contributed by atoms with van der Waals surface area (Å²) in [7, 11) is 0. The normalized spacial score (nSPS) is 13.9. The van der Waals surface area contributed by atoms with E-state index in [0.29, 0.717) is 42.2 Å². The Morgan fingerprint density at radius 3 is 2.89 bits per heavy atom. The van der Waals surface area contributed by atoms with Crippen molar-refractivity contribution in [2.24, 2.45) is 0 Å². The van der Waals surface area contributed by atoms with Gasteiger partial charge in [0.1, 0.15) is 19.0 Å². The van der Waals surface area contributed by atoms with E-state index in [2.05, 4.69) is 15.3 Å². The summed E-state index contributed by atoms with van der Waals surface area (Å²) in [4.78, 5) is 20.4. The molecule has 0 spiro atoms. The zero-order valence-corrected chi connectivity index (χ0v) is 16.5. The number of hydrogen-bond acceptors (Lipinski definition) is 6. The molecule has 0 saturated heterocycles. The van der Waals surface area contributed by atoms with Crippen molar-refractivity contribution in [2.75, 3.05) is 25.1 Å². The Kier molecular flexibility index (Phi) is 5.29. The maximum atomic E-state index is 12.6. The van der Waals surface area contributed by atoms with Gasteiger partial charge in [0.15, 0.2) is 16.7 Å². The number of carbonyl (C=O) groups is 1. The van der Waals surface area contributed by atoms with Gasteiger partial charge in [0, 0.05) is 17.8 Å². The highest BCUT2D eigenvalue weighted by molar-refractivity contribution is 8.00. The number of aromatic nitrogens is 2. The number of rotatable bonds is 6. The number of anilines is 1. The number of nitrogens with zero attached hydrogens (tertiary/aromatic N) is 1. The van der Waals surface area contributed by atoms with Gasteiger partial charge in [-0.25, -0.2) is 4.98 Å². The first-order valence-electron chi connectivity index (χ1n) is 9.12. The van der Waals surface area contributed by atoms with Gasteiger partial charge in [-0.2, -0.15) is 0 Å². The summed E-state index contributed by atoms with van der Waals surface area (Å²) in [6.07, 6.45) is 0. The number of aromatic amines is 1. The van der Waals surface area contributed by atoms with Gasteiger partial charge >= 0.3 is 0 Å². The summed E-state index contributed by atoms with van der Waals surface area (Å²) >= 11 is 1.37. The molecule has 2 N–H and O–H groups in total. The predicted molar refractivity (Wildman–Crippen MR) is 109 cm³/mol. The average Bonchev–Trinajstić information content (AvgIpc) is 3.09. The van der Waals surface area contributed by atoms with Crippen molar-refractivity contribution in [3.63, 3.8) is 0 Å². The highest BCUT2D eigenvalue weighted by Gasteiger charge is 2.18. The summed E-state index contributed by atoms with van der Waals surface area (Å²) < 4.78 is 16.6. The van der Waals surface area contributed by atoms with Crippen LogP contribution >= 0.6 is 11.8 Å². The number of carbonyl (C=O) groups excluding carboxylic acids is 1. The van der Waals surface area contributed by atoms with Crippen LogP contribution in [-0.4, -0.2) is 40.9 Å². The highest BCUT2D eigenvalue weighted by atomic mass is 32.2. The van der Waals surface area contributed by atoms with Crippen LogP contribution in [0.1, 0.15) is 13.8 Å². The molecule has 1 aliphatic heterocycles. The molecule has 3 aromatic rings. The Morgan fingerprint density at radius 1 is 1.25 bits per heavy atom. The van der Waals surface area contributed by atoms with Crippen molar-refractivity contribution in [3.05, 3.63) is 36.4 Å². The van der Waals surface area contributed by atoms with Crippen molar-refractivity contribution in [1.29, 1.82) is 0 Å². The molecule has 1 amide bonds. The molecule has 0 aliphatic carbocycles. The van der Waals surface area contributed by atoms with E-state index in [1.807, 2.05) is 32.0 Å². The van der Waals surface area contributed by atoms with E-state index in [9.17, 15) is 4.79 Å². The molecule has 1 atom stereocenters. The van der Waals surface area contributed by atoms with Gasteiger partial charge in [-0.05, 0) is 38.1 Å². The average molecular weight is 399 g/mol. The molecule has 4 rings (SSSR count). The smallest absolute Gasteiger partial charge is 0.237 e. The van der Waals surface area contributed by atoms with Crippen LogP contribution in [0.25, 0.3) is 11.0 Å². The number of imidazole rings is 1. The third kappa shape index (κ3) is 4.01. The summed E-state index contributed by atoms with van der Waals surface area (Å²) in [5, 5.41) is 3.27. The lowest BCUT2D eigenvalue weighted by Crippen LogP contribution is -2.23. The number of benzene rings is 2. The zero-order valence-electron chi connectivity index (χ0n) is 15.7. The second kappa shape index (κ2) is 8.02. The fourth-order valence-electron chi connectivity index (χ4n) is 2.86. The Labute approximate surface area is 166 Å². The van der Waals surface area contributed by atoms with E-state index in [-0.39, 0.29) is 11.2 Å². The first-order valence-corrected chi connectivity index (χ1v) is 10.00. The van der Waals surface area contributed by atoms with E-state index in [1.165, 1.54) is 11.8 Å². The molecule has 0 bridgehead atoms. The van der Waals surface area contributed by atoms with Gasteiger partial charge in [0.2, 0.25) is 5.91 Å². The van der Waals surface area contributed by atoms with Gasteiger partial charge in [-0.1, -0.05) is 11.8 Å². The zero-order chi connectivity index (χ0) is 19.5. The van der Waals surface area contributed by atoms with Gasteiger partial charge in [-0.15, -0.1) is 0 Å². The van der Waals surface area contributed by atoms with Crippen LogP contribution in [-0.2, 0) is 4.79 Å². The van der Waals surface area contributed by atoms with Crippen LogP contribution in [0.4, 0.5) is 5.69 Å². The van der Waals surface area contributed by atoms with Crippen molar-refractivity contribution in [3.8, 4) is 17.2 Å². The van der Waals surface area contributed by atoms with E-state index < -0.39 is 0 Å². The highest BCUT2D eigenvalue weighted by Crippen LogP contribution is 2.33. The standard InChI is InChI=1S/C20H21N3O4S/c1-3-25-14-5-6-15-16(11-14)23-20(22-15)28-12(2)19(24)21-13-4-7-17-18(10-13)27-9-8-26-17/h4-7,10-12H,3,8-9H2,1-2H3,(H,21,24)(H,22,23). The number of amides is 1. The second-order valence-electron chi connectivity index (χ2n) is 6.26. The molecular weight excluding hydrogens is 378 g/mol. The van der Waals surface area contributed by atoms with Gasteiger partial charge in [0.05, 0.1) is 22.9 Å². The Morgan fingerprint density at radius 2 is 2.07 bits per heavy atom. The molecule has 28 heavy (non-hydrogen) atoms. The van der Waals surface area contributed by atoms with E-state index >= 15 is 0 Å². The van der Waals surface area contributed by atoms with E-state index in [1.54, 1.807) is 18.2 Å². The van der Waals surface area contributed by atoms with Crippen molar-refractivity contribution >= 4 is 34.4 Å². The van der Waals surface area contributed by atoms with Crippen LogP contribution in [0.2, 0.25) is 0 Å². The third-order valence-corrected chi connectivity index (χ3v) is 5.19. The molecule has 2 heterocycles. The minimum atomic E-state index is -0.333. The predicted octanol–water partition coefficient (Wildman–Crippen LogP) is 3.85. The molecule has 7 nitrogen and oxygen atoms in total. The number of nitrogens with one attached hydrogen (secondary N) is 2. The molecule has 146 valence electrons. The minimum Gasteiger partial charge on any atom is -0.494 e. The molecule has 1 unspecified atom stereocenters. The molecule has 1 aromatic heterocycles. The maximum Gasteiger partial charge on any atom is 0.237 e. The van der Waals surface area contributed by atoms with Crippen molar-refractivity contribution in [1.82, 2.24) is 9.97 Å². The SMILES string of the molecule is CCOc1ccc2nc(SC(C)C(=O)Nc3ccc4c(c3)OCCO4)[nH]c2c1. The third-order valence-electron chi connectivity index (χ3n) is 4.21. The largest absolute Gasteiger partial charge is 0.494 e. The summed E-state index contributed by atoms with van der Waals surface area (Å²) in [6.45, 7) is 5.44. The van der Waals surface area contributed by atoms with E-state index in [4.69, 9.17) is 14.2 Å². The lowest BCUT2D eigenvalue weighted by molar-refractivity contribution is -0.115. The number of H-pyrrole nitrogens is 1. The lowest BCUT2D eigenvalue weighted by Gasteiger charge is -2.19. The second-order valence-corrected chi connectivity index (χ2v) is 7.59. The Balaban J connectivity index is 1.42. The first kappa shape index (κ1) is 18.5. The summed E-state index contributed by atoms with van der Waals surface area (Å²) in [5.41, 5.74) is 2.39. The summed E-state index contributed by atoms with van der Waals surface area (Å²) in [6, 6.07) is 11.1. The lowest BCUT2D eigenvalue weighted by atomic mass is 10.2. The van der Waals surface area contributed by atoms with Crippen LogP contribution in [0.3, 0.4) is 0 Å². The number of hydrogen-bond donors (Lipinski definition) is 2. The molecule has 8 heteroatoms. The molecular formula is C20H21N3O4S. The number of ether oxygens (including phenoxy) is 3. The van der Waals surface area contributed by atoms with E-state index in [0.717, 1.165) is 16.8 Å². The van der Waals surface area contributed by atoms with Crippen LogP contribution in [0.15, 0.2) is 41.6 Å². The molecule has 0 fully saturated rings. The van der Waals surface area contributed by atoms with Crippen LogP contribution in [0, 0.1) is 0 Å². The first-order chi connectivity index (χ1) is 13.6. The summed E-state index contributed by atoms with van der Waals surface area (Å²) in [5.74, 6) is 2.02. The number of thioether (sulfide) groups is 1. The van der Waals surface area contributed by atoms with Crippen molar-refractivity contribution < 1.29 is 19.0 Å². The van der Waals surface area contributed by atoms with Gasteiger partial charge in [-0.3, -0.25) is 4.79 Å². The monoisotopic (exact) mass is 399 g/mol. The number of fused-ring (bicyclic) bond motifs is 2. The van der Waals surface area contributed by atoms with Crippen molar-refractivity contribution in [2.45, 2.75) is 24.3 Å². The van der Waals surface area contributed by atoms with Gasteiger partial charge in [0.25, 0.3) is 0 Å². The molecule has 0 saturated carbocycles. The fourth-order valence-corrected chi connectivity index (χ4v) is 3.68. The Hall–Kier alpha value is -2.87. The Bertz CT molecular complexity index is 1000. The van der Waals surface area contributed by atoms with Gasteiger partial charge < -0.3 is 24.5 Å². The molecule has 0 radical (unpaired) electrons. The van der Waals surface area contributed by atoms with Crippen LogP contribution in [0.5, 0.6) is 17.2 Å². The topological polar surface area (TPSA) is 85.5 Å². The quantitative estimate of drug-likeness (QED) is 0.613. The minimum absolute atomic E-state index is 0.114. The molecule has 1 aliphatic rings. The van der Waals surface area contributed by atoms with Crippen LogP contribution < -0.4 is 19.5 Å².